The van der Waals surface area contributed by atoms with Crippen molar-refractivity contribution in [3.63, 3.8) is 0 Å². The van der Waals surface area contributed by atoms with Crippen LogP contribution in [-0.4, -0.2) is 48.9 Å². The van der Waals surface area contributed by atoms with Gasteiger partial charge in [0.15, 0.2) is 0 Å². The van der Waals surface area contributed by atoms with Crippen LogP contribution in [0.1, 0.15) is 44.9 Å². The molecule has 0 unspecified atom stereocenters. The summed E-state index contributed by atoms with van der Waals surface area (Å²) in [7, 11) is 1.43. The summed E-state index contributed by atoms with van der Waals surface area (Å²) in [5, 5.41) is 3.18. The lowest BCUT2D eigenvalue weighted by Crippen LogP contribution is -2.50. The molecule has 4 fully saturated rings. The summed E-state index contributed by atoms with van der Waals surface area (Å²) < 4.78 is 4.98. The maximum Gasteiger partial charge on any atom is 0.311 e. The maximum atomic E-state index is 12.7. The summed E-state index contributed by atoms with van der Waals surface area (Å²) in [6.45, 7) is 1.37. The Bertz CT molecular complexity index is 566. The Morgan fingerprint density at radius 2 is 1.60 bits per heavy atom. The number of ether oxygens (including phenoxy) is 1. The first-order chi connectivity index (χ1) is 12.1. The topological polar surface area (TPSA) is 75.7 Å². The first-order valence-electron chi connectivity index (χ1n) is 9.75. The second kappa shape index (κ2) is 6.61. The number of rotatable bonds is 4. The molecule has 0 spiro atoms. The van der Waals surface area contributed by atoms with E-state index in [0.717, 1.165) is 44.9 Å². The third-order valence-corrected chi connectivity index (χ3v) is 6.80. The third-order valence-electron chi connectivity index (χ3n) is 6.80. The highest BCUT2D eigenvalue weighted by molar-refractivity contribution is 5.83. The highest BCUT2D eigenvalue weighted by Crippen LogP contribution is 2.49. The summed E-state index contributed by atoms with van der Waals surface area (Å²) in [5.74, 6) is 0.963. The quantitative estimate of drug-likeness (QED) is 0.778. The van der Waals surface area contributed by atoms with E-state index in [9.17, 15) is 14.4 Å². The summed E-state index contributed by atoms with van der Waals surface area (Å²) in [5.41, 5.74) is 0. The van der Waals surface area contributed by atoms with Crippen LogP contribution < -0.4 is 5.32 Å². The summed E-state index contributed by atoms with van der Waals surface area (Å²) in [6.07, 6.45) is 6.70. The van der Waals surface area contributed by atoms with E-state index in [1.807, 2.05) is 4.90 Å². The molecule has 4 aliphatic rings. The smallest absolute Gasteiger partial charge is 0.311 e. The van der Waals surface area contributed by atoms with Crippen molar-refractivity contribution < 1.29 is 19.1 Å². The number of carbonyl (C=O) groups is 3. The molecule has 0 aromatic heterocycles. The van der Waals surface area contributed by atoms with E-state index < -0.39 is 0 Å². The Kier molecular flexibility index (Phi) is 4.46. The number of hydrogen-bond acceptors (Lipinski definition) is 4. The van der Waals surface area contributed by atoms with Gasteiger partial charge in [0.25, 0.3) is 0 Å². The fraction of sp³-hybridized carbons (Fsp3) is 0.842. The largest absolute Gasteiger partial charge is 0.469 e. The van der Waals surface area contributed by atoms with Crippen LogP contribution in [0.5, 0.6) is 0 Å². The maximum absolute atomic E-state index is 12.7. The molecule has 138 valence electrons. The molecule has 0 radical (unpaired) electrons. The molecule has 2 bridgehead atoms. The highest BCUT2D eigenvalue weighted by Gasteiger charge is 2.52. The van der Waals surface area contributed by atoms with Gasteiger partial charge in [0.05, 0.1) is 13.0 Å². The Hall–Kier alpha value is -1.59. The minimum Gasteiger partial charge on any atom is -0.469 e. The monoisotopic (exact) mass is 348 g/mol. The van der Waals surface area contributed by atoms with Crippen molar-refractivity contribution in [2.45, 2.75) is 51.0 Å². The highest BCUT2D eigenvalue weighted by atomic mass is 16.5. The normalized spacial score (nSPS) is 34.8. The fourth-order valence-corrected chi connectivity index (χ4v) is 5.21. The van der Waals surface area contributed by atoms with Gasteiger partial charge in [0.2, 0.25) is 11.8 Å². The van der Waals surface area contributed by atoms with Crippen LogP contribution in [0.25, 0.3) is 0 Å². The molecule has 6 heteroatoms. The lowest BCUT2D eigenvalue weighted by Gasteiger charge is -2.34. The molecule has 6 nitrogen and oxygen atoms in total. The zero-order valence-electron chi connectivity index (χ0n) is 14.9. The Morgan fingerprint density at radius 1 is 0.920 bits per heavy atom. The van der Waals surface area contributed by atoms with Crippen LogP contribution in [0.4, 0.5) is 0 Å². The van der Waals surface area contributed by atoms with E-state index in [0.29, 0.717) is 24.9 Å². The minimum atomic E-state index is -0.178. The van der Waals surface area contributed by atoms with E-state index in [2.05, 4.69) is 5.32 Å². The molecule has 2 amide bonds. The van der Waals surface area contributed by atoms with Gasteiger partial charge in [0, 0.05) is 31.0 Å². The second-order valence-electron chi connectivity index (χ2n) is 8.29. The van der Waals surface area contributed by atoms with Gasteiger partial charge in [-0.3, -0.25) is 14.4 Å². The Morgan fingerprint density at radius 3 is 2.24 bits per heavy atom. The number of carbonyl (C=O) groups excluding carboxylic acids is 3. The van der Waals surface area contributed by atoms with Crippen LogP contribution in [-0.2, 0) is 19.1 Å². The van der Waals surface area contributed by atoms with Gasteiger partial charge in [-0.25, -0.2) is 0 Å². The average molecular weight is 348 g/mol. The van der Waals surface area contributed by atoms with Crippen LogP contribution >= 0.6 is 0 Å². The SMILES string of the molecule is COC(=O)[C@@H]1[C@H]2CC[C@@H](C2)[C@@H]1NC(=O)C1CCN(C(=O)C2CC2)CC1. The molecule has 4 atom stereocenters. The van der Waals surface area contributed by atoms with Gasteiger partial charge >= 0.3 is 5.97 Å². The van der Waals surface area contributed by atoms with E-state index in [4.69, 9.17) is 4.74 Å². The molecule has 3 aliphatic carbocycles. The summed E-state index contributed by atoms with van der Waals surface area (Å²) in [4.78, 5) is 38.9. The van der Waals surface area contributed by atoms with Gasteiger partial charge in [-0.1, -0.05) is 0 Å². The van der Waals surface area contributed by atoms with Gasteiger partial charge in [-0.05, 0) is 56.8 Å². The molecule has 1 heterocycles. The number of esters is 1. The van der Waals surface area contributed by atoms with Gasteiger partial charge in [0.1, 0.15) is 0 Å². The van der Waals surface area contributed by atoms with Crippen molar-refractivity contribution in [3.05, 3.63) is 0 Å². The Balaban J connectivity index is 1.32. The van der Waals surface area contributed by atoms with Crippen LogP contribution in [0.15, 0.2) is 0 Å². The Labute approximate surface area is 148 Å². The van der Waals surface area contributed by atoms with E-state index in [1.54, 1.807) is 0 Å². The van der Waals surface area contributed by atoms with Crippen molar-refractivity contribution in [1.82, 2.24) is 10.2 Å². The number of amides is 2. The zero-order chi connectivity index (χ0) is 17.6. The first kappa shape index (κ1) is 16.9. The van der Waals surface area contributed by atoms with E-state index in [-0.39, 0.29) is 41.6 Å². The number of methoxy groups -OCH3 is 1. The van der Waals surface area contributed by atoms with Crippen molar-refractivity contribution in [3.8, 4) is 0 Å². The number of hydrogen-bond donors (Lipinski definition) is 1. The molecule has 4 rings (SSSR count). The average Bonchev–Trinajstić information content (AvgIpc) is 3.30. The fourth-order valence-electron chi connectivity index (χ4n) is 5.21. The molecule has 1 aliphatic heterocycles. The molecule has 1 saturated heterocycles. The predicted molar refractivity (Wildman–Crippen MR) is 90.3 cm³/mol. The summed E-state index contributed by atoms with van der Waals surface area (Å²) >= 11 is 0. The molecule has 1 N–H and O–H groups in total. The molecular formula is C19H28N2O4. The van der Waals surface area contributed by atoms with E-state index >= 15 is 0 Å². The molecular weight excluding hydrogens is 320 g/mol. The van der Waals surface area contributed by atoms with Crippen molar-refractivity contribution in [1.29, 1.82) is 0 Å². The van der Waals surface area contributed by atoms with Gasteiger partial charge in [-0.2, -0.15) is 0 Å². The summed E-state index contributed by atoms with van der Waals surface area (Å²) in [6, 6.07) is -0.0650. The molecule has 3 saturated carbocycles. The predicted octanol–water partition coefficient (Wildman–Crippen LogP) is 1.34. The number of fused-ring (bicyclic) bond motifs is 2. The molecule has 0 aromatic rings. The van der Waals surface area contributed by atoms with Crippen molar-refractivity contribution in [2.24, 2.45) is 29.6 Å². The third kappa shape index (κ3) is 3.15. The number of nitrogens with zero attached hydrogens (tertiary/aromatic N) is 1. The van der Waals surface area contributed by atoms with Crippen molar-refractivity contribution in [2.75, 3.05) is 20.2 Å². The van der Waals surface area contributed by atoms with Gasteiger partial charge in [-0.15, -0.1) is 0 Å². The molecule has 25 heavy (non-hydrogen) atoms. The van der Waals surface area contributed by atoms with Gasteiger partial charge < -0.3 is 15.0 Å². The molecule has 0 aromatic carbocycles. The van der Waals surface area contributed by atoms with Crippen LogP contribution in [0.3, 0.4) is 0 Å². The standard InChI is InChI=1S/C19H28N2O4/c1-25-19(24)15-13-4-5-14(10-13)16(15)20-17(22)11-6-8-21(9-7-11)18(23)12-2-3-12/h11-16H,2-10H2,1H3,(H,20,22)/t13-,14-,15+,16-/m0/s1. The van der Waals surface area contributed by atoms with Crippen LogP contribution in [0, 0.1) is 29.6 Å². The van der Waals surface area contributed by atoms with Crippen molar-refractivity contribution >= 4 is 17.8 Å². The minimum absolute atomic E-state index is 0.0410. The van der Waals surface area contributed by atoms with Crippen LogP contribution in [0.2, 0.25) is 0 Å². The lowest BCUT2D eigenvalue weighted by molar-refractivity contribution is -0.149. The second-order valence-corrected chi connectivity index (χ2v) is 8.29. The number of nitrogens with one attached hydrogen (secondary N) is 1. The zero-order valence-corrected chi connectivity index (χ0v) is 14.9. The van der Waals surface area contributed by atoms with E-state index in [1.165, 1.54) is 7.11 Å². The number of likely N-dealkylation sites (tertiary alicyclic amines) is 1. The first-order valence-corrected chi connectivity index (χ1v) is 9.75. The number of piperidine rings is 1. The lowest BCUT2D eigenvalue weighted by atomic mass is 9.83.